The topological polar surface area (TPSA) is 71.1 Å². The van der Waals surface area contributed by atoms with Crippen molar-refractivity contribution in [2.24, 2.45) is 5.92 Å². The molecule has 23 heavy (non-hydrogen) atoms. The van der Waals surface area contributed by atoms with Crippen LogP contribution in [0.15, 0.2) is 12.1 Å². The van der Waals surface area contributed by atoms with Crippen LogP contribution < -0.4 is 10.6 Å². The highest BCUT2D eigenvalue weighted by Crippen LogP contribution is 2.32. The summed E-state index contributed by atoms with van der Waals surface area (Å²) in [5.41, 5.74) is 2.55. The van der Waals surface area contributed by atoms with Gasteiger partial charge in [0.05, 0.1) is 10.2 Å². The second-order valence-corrected chi connectivity index (χ2v) is 7.19. The number of carbonyl (C=O) groups excluding carboxylic acids is 2. The summed E-state index contributed by atoms with van der Waals surface area (Å²) in [5, 5.41) is 6.40. The van der Waals surface area contributed by atoms with Gasteiger partial charge in [0.1, 0.15) is 0 Å². The molecule has 1 aromatic heterocycles. The first-order valence-electron chi connectivity index (χ1n) is 8.02. The van der Waals surface area contributed by atoms with Gasteiger partial charge in [-0.15, -0.1) is 0 Å². The Labute approximate surface area is 139 Å². The van der Waals surface area contributed by atoms with Crippen LogP contribution in [0.5, 0.6) is 0 Å². The third-order valence-electron chi connectivity index (χ3n) is 4.25. The van der Waals surface area contributed by atoms with Crippen LogP contribution >= 0.6 is 11.3 Å². The lowest BCUT2D eigenvalue weighted by molar-refractivity contribution is -0.120. The number of thiazole rings is 1. The van der Waals surface area contributed by atoms with Crippen molar-refractivity contribution in [1.29, 1.82) is 0 Å². The number of rotatable bonds is 3. The monoisotopic (exact) mass is 331 g/mol. The summed E-state index contributed by atoms with van der Waals surface area (Å²) in [5.74, 6) is 0.100. The maximum absolute atomic E-state index is 12.3. The molecule has 2 amide bonds. The largest absolute Gasteiger partial charge is 0.326 e. The van der Waals surface area contributed by atoms with Crippen molar-refractivity contribution in [1.82, 2.24) is 4.98 Å². The fraction of sp³-hybridized carbons (Fsp3) is 0.471. The molecular formula is C17H21N3O2S. The van der Waals surface area contributed by atoms with E-state index in [4.69, 9.17) is 0 Å². The Kier molecular flexibility index (Phi) is 4.61. The van der Waals surface area contributed by atoms with E-state index in [0.717, 1.165) is 47.2 Å². The van der Waals surface area contributed by atoms with Crippen molar-refractivity contribution in [2.45, 2.75) is 46.0 Å². The normalized spacial score (nSPS) is 15.6. The number of carbonyl (C=O) groups is 2. The van der Waals surface area contributed by atoms with E-state index in [9.17, 15) is 9.59 Å². The van der Waals surface area contributed by atoms with Gasteiger partial charge in [-0.1, -0.05) is 30.6 Å². The molecule has 5 nitrogen and oxygen atoms in total. The van der Waals surface area contributed by atoms with Crippen LogP contribution in [0.2, 0.25) is 0 Å². The Morgan fingerprint density at radius 1 is 1.17 bits per heavy atom. The van der Waals surface area contributed by atoms with Crippen LogP contribution in [0.3, 0.4) is 0 Å². The quantitative estimate of drug-likeness (QED) is 0.890. The first kappa shape index (κ1) is 15.9. The lowest BCUT2D eigenvalue weighted by Crippen LogP contribution is -2.24. The summed E-state index contributed by atoms with van der Waals surface area (Å²) in [7, 11) is 0. The molecule has 0 bridgehead atoms. The van der Waals surface area contributed by atoms with Gasteiger partial charge in [0.25, 0.3) is 0 Å². The molecule has 0 radical (unpaired) electrons. The Morgan fingerprint density at radius 2 is 1.91 bits per heavy atom. The van der Waals surface area contributed by atoms with Crippen LogP contribution in [0, 0.1) is 12.8 Å². The minimum absolute atomic E-state index is 0.0857. The molecule has 0 unspecified atom stereocenters. The van der Waals surface area contributed by atoms with Crippen molar-refractivity contribution in [2.75, 3.05) is 10.6 Å². The van der Waals surface area contributed by atoms with Crippen LogP contribution in [0.1, 0.15) is 44.6 Å². The highest BCUT2D eigenvalue weighted by molar-refractivity contribution is 7.22. The molecule has 0 atom stereocenters. The fourth-order valence-electron chi connectivity index (χ4n) is 3.03. The maximum Gasteiger partial charge on any atom is 0.229 e. The third kappa shape index (κ3) is 3.69. The summed E-state index contributed by atoms with van der Waals surface area (Å²) < 4.78 is 1.01. The van der Waals surface area contributed by atoms with Gasteiger partial charge in [0.15, 0.2) is 5.13 Å². The Balaban J connectivity index is 1.79. The number of nitrogens with one attached hydrogen (secondary N) is 2. The first-order valence-corrected chi connectivity index (χ1v) is 8.84. The molecule has 6 heteroatoms. The molecule has 122 valence electrons. The van der Waals surface area contributed by atoms with Gasteiger partial charge in [-0.2, -0.15) is 0 Å². The summed E-state index contributed by atoms with van der Waals surface area (Å²) in [4.78, 5) is 28.1. The molecule has 2 N–H and O–H groups in total. The van der Waals surface area contributed by atoms with E-state index in [1.807, 2.05) is 19.1 Å². The predicted molar refractivity (Wildman–Crippen MR) is 93.9 cm³/mol. The van der Waals surface area contributed by atoms with Crippen molar-refractivity contribution >= 4 is 44.2 Å². The number of anilines is 2. The van der Waals surface area contributed by atoms with Crippen LogP contribution in [-0.4, -0.2) is 16.8 Å². The van der Waals surface area contributed by atoms with Crippen LogP contribution in [-0.2, 0) is 9.59 Å². The highest BCUT2D eigenvalue weighted by Gasteiger charge is 2.22. The molecule has 3 rings (SSSR count). The minimum Gasteiger partial charge on any atom is -0.326 e. The predicted octanol–water partition coefficient (Wildman–Crippen LogP) is 4.08. The number of amides is 2. The smallest absolute Gasteiger partial charge is 0.229 e. The molecule has 0 saturated heterocycles. The number of hydrogen-bond acceptors (Lipinski definition) is 4. The standard InChI is InChI=1S/C17H21N3O2S/c1-10-8-15-14(9-13(10)18-11(2)21)19-17(23-15)20-16(22)12-6-4-3-5-7-12/h8-9,12H,3-7H2,1-2H3,(H,18,21)(H,19,20,22). The maximum atomic E-state index is 12.3. The van der Waals surface area contributed by atoms with E-state index in [1.165, 1.54) is 24.7 Å². The summed E-state index contributed by atoms with van der Waals surface area (Å²) in [6, 6.07) is 3.85. The zero-order valence-electron chi connectivity index (χ0n) is 13.4. The molecule has 0 spiro atoms. The second-order valence-electron chi connectivity index (χ2n) is 6.16. The average Bonchev–Trinajstić information content (AvgIpc) is 2.89. The highest BCUT2D eigenvalue weighted by atomic mass is 32.1. The minimum atomic E-state index is -0.103. The lowest BCUT2D eigenvalue weighted by atomic mass is 9.89. The molecule has 1 aromatic carbocycles. The molecule has 1 saturated carbocycles. The zero-order chi connectivity index (χ0) is 16.4. The molecule has 2 aromatic rings. The molecule has 1 aliphatic rings. The number of hydrogen-bond donors (Lipinski definition) is 2. The summed E-state index contributed by atoms with van der Waals surface area (Å²) in [6.45, 7) is 3.44. The van der Waals surface area contributed by atoms with Crippen LogP contribution in [0.4, 0.5) is 10.8 Å². The van der Waals surface area contributed by atoms with Gasteiger partial charge in [0.2, 0.25) is 11.8 Å². The second kappa shape index (κ2) is 6.66. The average molecular weight is 331 g/mol. The number of aryl methyl sites for hydroxylation is 1. The molecular weight excluding hydrogens is 310 g/mol. The number of aromatic nitrogens is 1. The van der Waals surface area contributed by atoms with Crippen molar-refractivity contribution < 1.29 is 9.59 Å². The van der Waals surface area contributed by atoms with E-state index >= 15 is 0 Å². The van der Waals surface area contributed by atoms with Gasteiger partial charge in [-0.3, -0.25) is 9.59 Å². The first-order chi connectivity index (χ1) is 11.0. The molecule has 1 fully saturated rings. The number of benzene rings is 1. The fourth-order valence-corrected chi connectivity index (χ4v) is 3.97. The molecule has 1 aliphatic carbocycles. The van der Waals surface area contributed by atoms with E-state index in [2.05, 4.69) is 15.6 Å². The van der Waals surface area contributed by atoms with Gasteiger partial charge in [0, 0.05) is 18.5 Å². The Hall–Kier alpha value is -1.95. The molecule has 0 aliphatic heterocycles. The van der Waals surface area contributed by atoms with Gasteiger partial charge in [-0.05, 0) is 37.5 Å². The lowest BCUT2D eigenvalue weighted by Gasteiger charge is -2.19. The van der Waals surface area contributed by atoms with Gasteiger partial charge in [-0.25, -0.2) is 4.98 Å². The van der Waals surface area contributed by atoms with Crippen molar-refractivity contribution in [3.8, 4) is 0 Å². The summed E-state index contributed by atoms with van der Waals surface area (Å²) >= 11 is 1.48. The van der Waals surface area contributed by atoms with Crippen LogP contribution in [0.25, 0.3) is 10.2 Å². The Bertz CT molecular complexity index is 748. The zero-order valence-corrected chi connectivity index (χ0v) is 14.3. The molecule has 1 heterocycles. The van der Waals surface area contributed by atoms with Crippen molar-refractivity contribution in [3.63, 3.8) is 0 Å². The number of fused-ring (bicyclic) bond motifs is 1. The van der Waals surface area contributed by atoms with Gasteiger partial charge < -0.3 is 10.6 Å². The van der Waals surface area contributed by atoms with E-state index in [0.29, 0.717) is 5.13 Å². The Morgan fingerprint density at radius 3 is 2.61 bits per heavy atom. The third-order valence-corrected chi connectivity index (χ3v) is 5.18. The van der Waals surface area contributed by atoms with E-state index in [-0.39, 0.29) is 17.7 Å². The van der Waals surface area contributed by atoms with Crippen molar-refractivity contribution in [3.05, 3.63) is 17.7 Å². The summed E-state index contributed by atoms with van der Waals surface area (Å²) in [6.07, 6.45) is 5.45. The van der Waals surface area contributed by atoms with E-state index < -0.39 is 0 Å². The number of nitrogens with zero attached hydrogens (tertiary/aromatic N) is 1. The van der Waals surface area contributed by atoms with E-state index in [1.54, 1.807) is 0 Å². The SMILES string of the molecule is CC(=O)Nc1cc2nc(NC(=O)C3CCCCC3)sc2cc1C. The van der Waals surface area contributed by atoms with Gasteiger partial charge >= 0.3 is 0 Å².